The minimum Gasteiger partial charge on any atom is -0.492 e. The molecule has 0 amide bonds. The number of halogens is 2. The van der Waals surface area contributed by atoms with Crippen LogP contribution in [0.3, 0.4) is 0 Å². The van der Waals surface area contributed by atoms with Crippen molar-refractivity contribution in [1.29, 1.82) is 0 Å². The van der Waals surface area contributed by atoms with Gasteiger partial charge in [-0.3, -0.25) is 0 Å². The summed E-state index contributed by atoms with van der Waals surface area (Å²) in [4.78, 5) is 2.10. The first-order valence-electron chi connectivity index (χ1n) is 6.71. The number of rotatable bonds is 5. The van der Waals surface area contributed by atoms with Gasteiger partial charge in [-0.1, -0.05) is 35.3 Å². The third-order valence-electron chi connectivity index (χ3n) is 3.13. The van der Waals surface area contributed by atoms with E-state index in [0.29, 0.717) is 16.7 Å². The first-order valence-corrected chi connectivity index (χ1v) is 7.47. The van der Waals surface area contributed by atoms with Crippen molar-refractivity contribution in [3.05, 3.63) is 51.7 Å². The number of hydrogen-bond donors (Lipinski definition) is 0. The van der Waals surface area contributed by atoms with E-state index in [-0.39, 0.29) is 0 Å². The van der Waals surface area contributed by atoms with Crippen LogP contribution in [-0.2, 0) is 4.74 Å². The SMILES string of the molecule is CN(C)CCOC1=CCCC=C1c1ccc(Cl)cc1Cl. The summed E-state index contributed by atoms with van der Waals surface area (Å²) < 4.78 is 5.91. The average molecular weight is 312 g/mol. The van der Waals surface area contributed by atoms with Gasteiger partial charge in [0.25, 0.3) is 0 Å². The summed E-state index contributed by atoms with van der Waals surface area (Å²) in [5.74, 6) is 0.919. The lowest BCUT2D eigenvalue weighted by Crippen LogP contribution is -2.18. The van der Waals surface area contributed by atoms with Crippen LogP contribution < -0.4 is 0 Å². The molecule has 1 aliphatic carbocycles. The lowest BCUT2D eigenvalue weighted by atomic mass is 9.97. The molecule has 0 heterocycles. The summed E-state index contributed by atoms with van der Waals surface area (Å²) >= 11 is 12.3. The molecule has 1 aromatic rings. The fourth-order valence-electron chi connectivity index (χ4n) is 2.08. The summed E-state index contributed by atoms with van der Waals surface area (Å²) in [6.07, 6.45) is 6.33. The zero-order valence-corrected chi connectivity index (χ0v) is 13.3. The second-order valence-corrected chi connectivity index (χ2v) is 5.88. The van der Waals surface area contributed by atoms with Gasteiger partial charge in [0.1, 0.15) is 12.4 Å². The third kappa shape index (κ3) is 4.02. The standard InChI is InChI=1S/C16H19Cl2NO/c1-19(2)9-10-20-16-6-4-3-5-14(16)13-8-7-12(17)11-15(13)18/h5-8,11H,3-4,9-10H2,1-2H3. The Labute approximate surface area is 130 Å². The predicted molar refractivity (Wildman–Crippen MR) is 86.3 cm³/mol. The normalized spacial score (nSPS) is 15.1. The van der Waals surface area contributed by atoms with E-state index >= 15 is 0 Å². The molecule has 0 spiro atoms. The van der Waals surface area contributed by atoms with E-state index in [9.17, 15) is 0 Å². The Bertz CT molecular complexity index is 535. The van der Waals surface area contributed by atoms with Crippen molar-refractivity contribution >= 4 is 28.8 Å². The van der Waals surface area contributed by atoms with Crippen LogP contribution >= 0.6 is 23.2 Å². The summed E-state index contributed by atoms with van der Waals surface area (Å²) in [5, 5.41) is 1.31. The molecule has 0 aromatic heterocycles. The molecule has 0 bridgehead atoms. The smallest absolute Gasteiger partial charge is 0.122 e. The number of likely N-dealkylation sites (N-methyl/N-ethyl adjacent to an activating group) is 1. The molecule has 0 fully saturated rings. The van der Waals surface area contributed by atoms with Crippen LogP contribution in [0.5, 0.6) is 0 Å². The fourth-order valence-corrected chi connectivity index (χ4v) is 2.59. The quantitative estimate of drug-likeness (QED) is 0.786. The fraction of sp³-hybridized carbons (Fsp3) is 0.375. The van der Waals surface area contributed by atoms with Gasteiger partial charge in [-0.2, -0.15) is 0 Å². The van der Waals surface area contributed by atoms with Crippen molar-refractivity contribution < 1.29 is 4.74 Å². The van der Waals surface area contributed by atoms with Gasteiger partial charge in [-0.25, -0.2) is 0 Å². The summed E-state index contributed by atoms with van der Waals surface area (Å²) in [7, 11) is 4.07. The van der Waals surface area contributed by atoms with Gasteiger partial charge in [-0.05, 0) is 45.1 Å². The zero-order valence-electron chi connectivity index (χ0n) is 11.8. The molecule has 108 valence electrons. The van der Waals surface area contributed by atoms with E-state index in [1.54, 1.807) is 6.07 Å². The second kappa shape index (κ2) is 7.16. The Morgan fingerprint density at radius 1 is 1.15 bits per heavy atom. The van der Waals surface area contributed by atoms with Gasteiger partial charge in [0.05, 0.1) is 0 Å². The molecule has 0 unspecified atom stereocenters. The number of nitrogens with zero attached hydrogens (tertiary/aromatic N) is 1. The van der Waals surface area contributed by atoms with Crippen LogP contribution in [0.1, 0.15) is 18.4 Å². The van der Waals surface area contributed by atoms with Gasteiger partial charge in [0, 0.05) is 27.7 Å². The van der Waals surface area contributed by atoms with Crippen LogP contribution in [0.2, 0.25) is 10.0 Å². The van der Waals surface area contributed by atoms with E-state index in [2.05, 4.69) is 17.1 Å². The largest absolute Gasteiger partial charge is 0.492 e. The molecule has 0 saturated carbocycles. The number of ether oxygens (including phenoxy) is 1. The molecule has 1 aliphatic rings. The van der Waals surface area contributed by atoms with Gasteiger partial charge in [0.2, 0.25) is 0 Å². The maximum Gasteiger partial charge on any atom is 0.122 e. The van der Waals surface area contributed by atoms with Gasteiger partial charge in [-0.15, -0.1) is 0 Å². The Morgan fingerprint density at radius 3 is 2.60 bits per heavy atom. The Kier molecular flexibility index (Phi) is 5.53. The lowest BCUT2D eigenvalue weighted by Gasteiger charge is -2.19. The molecule has 2 nitrogen and oxygen atoms in total. The maximum atomic E-state index is 6.30. The maximum absolute atomic E-state index is 6.30. The van der Waals surface area contributed by atoms with Crippen LogP contribution in [0.15, 0.2) is 36.1 Å². The van der Waals surface area contributed by atoms with E-state index in [4.69, 9.17) is 27.9 Å². The number of benzene rings is 1. The molecule has 0 radical (unpaired) electrons. The molecular weight excluding hydrogens is 293 g/mol. The van der Waals surface area contributed by atoms with Crippen molar-refractivity contribution in [3.8, 4) is 0 Å². The van der Waals surface area contributed by atoms with E-state index in [0.717, 1.165) is 36.3 Å². The van der Waals surface area contributed by atoms with Crippen molar-refractivity contribution in [2.75, 3.05) is 27.2 Å². The highest BCUT2D eigenvalue weighted by atomic mass is 35.5. The summed E-state index contributed by atoms with van der Waals surface area (Å²) in [6, 6.07) is 5.58. The first-order chi connectivity index (χ1) is 9.58. The summed E-state index contributed by atoms with van der Waals surface area (Å²) in [6.45, 7) is 1.56. The Morgan fingerprint density at radius 2 is 1.90 bits per heavy atom. The van der Waals surface area contributed by atoms with E-state index in [1.807, 2.05) is 26.2 Å². The Balaban J connectivity index is 2.16. The highest BCUT2D eigenvalue weighted by molar-refractivity contribution is 6.35. The van der Waals surface area contributed by atoms with Crippen LogP contribution in [-0.4, -0.2) is 32.1 Å². The van der Waals surface area contributed by atoms with Crippen LogP contribution in [0.25, 0.3) is 5.57 Å². The number of hydrogen-bond acceptors (Lipinski definition) is 2. The topological polar surface area (TPSA) is 12.5 Å². The van der Waals surface area contributed by atoms with Gasteiger partial charge >= 0.3 is 0 Å². The molecule has 0 saturated heterocycles. The molecule has 4 heteroatoms. The highest BCUT2D eigenvalue weighted by Gasteiger charge is 2.15. The number of allylic oxidation sites excluding steroid dienone is 3. The van der Waals surface area contributed by atoms with Gasteiger partial charge in [0.15, 0.2) is 0 Å². The molecule has 0 atom stereocenters. The van der Waals surface area contributed by atoms with E-state index < -0.39 is 0 Å². The van der Waals surface area contributed by atoms with Crippen molar-refractivity contribution in [2.24, 2.45) is 0 Å². The monoisotopic (exact) mass is 311 g/mol. The van der Waals surface area contributed by atoms with Crippen LogP contribution in [0.4, 0.5) is 0 Å². The zero-order chi connectivity index (χ0) is 14.5. The minimum absolute atomic E-state index is 0.647. The van der Waals surface area contributed by atoms with Crippen molar-refractivity contribution in [3.63, 3.8) is 0 Å². The molecule has 0 aliphatic heterocycles. The first kappa shape index (κ1) is 15.4. The van der Waals surface area contributed by atoms with E-state index in [1.165, 1.54) is 0 Å². The summed E-state index contributed by atoms with van der Waals surface area (Å²) in [5.41, 5.74) is 2.04. The third-order valence-corrected chi connectivity index (χ3v) is 3.68. The minimum atomic E-state index is 0.647. The van der Waals surface area contributed by atoms with Gasteiger partial charge < -0.3 is 9.64 Å². The Hall–Kier alpha value is -0.960. The lowest BCUT2D eigenvalue weighted by molar-refractivity contribution is 0.194. The molecule has 20 heavy (non-hydrogen) atoms. The molecule has 0 N–H and O–H groups in total. The van der Waals surface area contributed by atoms with Crippen molar-refractivity contribution in [1.82, 2.24) is 4.90 Å². The molecule has 1 aromatic carbocycles. The molecule has 2 rings (SSSR count). The molecular formula is C16H19Cl2NO. The van der Waals surface area contributed by atoms with Crippen LogP contribution in [0, 0.1) is 0 Å². The van der Waals surface area contributed by atoms with Crippen molar-refractivity contribution in [2.45, 2.75) is 12.8 Å². The predicted octanol–water partition coefficient (Wildman–Crippen LogP) is 4.63. The average Bonchev–Trinajstić information content (AvgIpc) is 2.39. The second-order valence-electron chi connectivity index (χ2n) is 5.04. The highest BCUT2D eigenvalue weighted by Crippen LogP contribution is 2.34.